The summed E-state index contributed by atoms with van der Waals surface area (Å²) >= 11 is 0. The van der Waals surface area contributed by atoms with Gasteiger partial charge in [-0.25, -0.2) is 21.1 Å². The normalized spacial score (nSPS) is 18.5. The molecule has 1 saturated heterocycles. The molecule has 22 heavy (non-hydrogen) atoms. The van der Waals surface area contributed by atoms with Crippen molar-refractivity contribution in [3.05, 3.63) is 0 Å². The highest BCUT2D eigenvalue weighted by molar-refractivity contribution is 7.89. The van der Waals surface area contributed by atoms with Crippen molar-refractivity contribution in [3.63, 3.8) is 0 Å². The van der Waals surface area contributed by atoms with Crippen LogP contribution in [0.25, 0.3) is 0 Å². The van der Waals surface area contributed by atoms with E-state index in [4.69, 9.17) is 5.26 Å². The van der Waals surface area contributed by atoms with Gasteiger partial charge in [0.1, 0.15) is 6.54 Å². The number of unbranched alkanes of at least 4 members (excludes halogenated alkanes) is 1. The Morgan fingerprint density at radius 2 is 1.68 bits per heavy atom. The molecule has 0 bridgehead atoms. The Kier molecular flexibility index (Phi) is 7.25. The summed E-state index contributed by atoms with van der Waals surface area (Å²) in [5.41, 5.74) is 0. The molecule has 1 rings (SSSR count). The first-order valence-corrected chi connectivity index (χ1v) is 10.7. The molecule has 9 heteroatoms. The van der Waals surface area contributed by atoms with E-state index in [0.29, 0.717) is 25.4 Å². The first kappa shape index (κ1) is 19.4. The minimum absolute atomic E-state index is 0.0150. The second-order valence-electron chi connectivity index (χ2n) is 5.83. The minimum atomic E-state index is -3.47. The summed E-state index contributed by atoms with van der Waals surface area (Å²) in [6, 6.07) is 1.78. The lowest BCUT2D eigenvalue weighted by atomic mass is 10.0. The molecule has 0 spiro atoms. The molecular weight excluding hydrogens is 326 g/mol. The average molecular weight is 351 g/mol. The maximum absolute atomic E-state index is 12.2. The molecule has 0 aromatic heterocycles. The second-order valence-corrected chi connectivity index (χ2v) is 10.1. The van der Waals surface area contributed by atoms with Crippen molar-refractivity contribution >= 4 is 20.0 Å². The Morgan fingerprint density at radius 3 is 2.23 bits per heavy atom. The zero-order chi connectivity index (χ0) is 16.8. The highest BCUT2D eigenvalue weighted by atomic mass is 32.2. The van der Waals surface area contributed by atoms with Crippen LogP contribution < -0.4 is 0 Å². The summed E-state index contributed by atoms with van der Waals surface area (Å²) in [6.07, 6.45) is 2.36. The molecule has 128 valence electrons. The number of sulfonamides is 2. The Morgan fingerprint density at radius 1 is 1.14 bits per heavy atom. The van der Waals surface area contributed by atoms with Gasteiger partial charge in [0.15, 0.2) is 0 Å². The monoisotopic (exact) mass is 351 g/mol. The molecule has 1 fully saturated rings. The van der Waals surface area contributed by atoms with E-state index in [-0.39, 0.29) is 24.5 Å². The third-order valence-corrected chi connectivity index (χ3v) is 7.80. The first-order chi connectivity index (χ1) is 10.2. The van der Waals surface area contributed by atoms with Crippen LogP contribution in [0.2, 0.25) is 0 Å². The molecule has 0 saturated carbocycles. The van der Waals surface area contributed by atoms with Gasteiger partial charge in [-0.2, -0.15) is 9.57 Å². The molecular formula is C13H25N3O4S2. The van der Waals surface area contributed by atoms with Crippen molar-refractivity contribution < 1.29 is 16.8 Å². The van der Waals surface area contributed by atoms with Gasteiger partial charge < -0.3 is 0 Å². The van der Waals surface area contributed by atoms with E-state index in [0.717, 1.165) is 17.1 Å². The second kappa shape index (κ2) is 8.24. The average Bonchev–Trinajstić information content (AvgIpc) is 2.44. The summed E-state index contributed by atoms with van der Waals surface area (Å²) in [4.78, 5) is 0. The van der Waals surface area contributed by atoms with E-state index in [1.165, 1.54) is 11.4 Å². The molecule has 1 aliphatic rings. The van der Waals surface area contributed by atoms with Crippen LogP contribution in [-0.4, -0.2) is 63.6 Å². The van der Waals surface area contributed by atoms with Crippen LogP contribution >= 0.6 is 0 Å². The Hall–Kier alpha value is -0.690. The Labute approximate surface area is 134 Å². The molecule has 0 unspecified atom stereocenters. The lowest BCUT2D eigenvalue weighted by molar-refractivity contribution is 0.288. The van der Waals surface area contributed by atoms with Crippen molar-refractivity contribution in [1.82, 2.24) is 8.61 Å². The smallest absolute Gasteiger partial charge is 0.212 e. The molecule has 1 heterocycles. The quantitative estimate of drug-likeness (QED) is 0.471. The number of piperidine rings is 1. The summed E-state index contributed by atoms with van der Waals surface area (Å²) in [6.45, 7) is 3.05. The van der Waals surface area contributed by atoms with E-state index < -0.39 is 20.0 Å². The minimum Gasteiger partial charge on any atom is -0.212 e. The van der Waals surface area contributed by atoms with Gasteiger partial charge in [-0.1, -0.05) is 6.92 Å². The predicted molar refractivity (Wildman–Crippen MR) is 85.0 cm³/mol. The molecule has 0 aromatic carbocycles. The van der Waals surface area contributed by atoms with Crippen LogP contribution in [0.4, 0.5) is 0 Å². The molecule has 0 radical (unpaired) electrons. The Balaban J connectivity index is 2.39. The standard InChI is InChI=1S/C13H25N3O4S2/c1-13-5-8-16(9-6-13)22(19,20)12-4-3-11-21(17,18)15(2)10-7-14/h13H,3-6,8-12H2,1-2H3. The van der Waals surface area contributed by atoms with Gasteiger partial charge in [-0.15, -0.1) is 0 Å². The zero-order valence-corrected chi connectivity index (χ0v) is 14.9. The number of rotatable bonds is 8. The van der Waals surface area contributed by atoms with Gasteiger partial charge >= 0.3 is 0 Å². The topological polar surface area (TPSA) is 98.6 Å². The van der Waals surface area contributed by atoms with Gasteiger partial charge in [-0.05, 0) is 31.6 Å². The molecule has 0 aromatic rings. The van der Waals surface area contributed by atoms with E-state index >= 15 is 0 Å². The van der Waals surface area contributed by atoms with Crippen LogP contribution in [0.1, 0.15) is 32.6 Å². The van der Waals surface area contributed by atoms with Crippen molar-refractivity contribution in [1.29, 1.82) is 5.26 Å². The van der Waals surface area contributed by atoms with Crippen molar-refractivity contribution in [2.75, 3.05) is 38.2 Å². The van der Waals surface area contributed by atoms with Crippen LogP contribution in [0.15, 0.2) is 0 Å². The zero-order valence-electron chi connectivity index (χ0n) is 13.2. The van der Waals surface area contributed by atoms with Gasteiger partial charge in [0, 0.05) is 20.1 Å². The molecule has 0 amide bonds. The van der Waals surface area contributed by atoms with Crippen molar-refractivity contribution in [2.24, 2.45) is 5.92 Å². The van der Waals surface area contributed by atoms with Crippen molar-refractivity contribution in [3.8, 4) is 6.07 Å². The summed E-state index contributed by atoms with van der Waals surface area (Å²) in [5.74, 6) is 0.420. The Bertz CT molecular complexity index is 587. The summed E-state index contributed by atoms with van der Waals surface area (Å²) < 4.78 is 50.5. The van der Waals surface area contributed by atoms with E-state index in [2.05, 4.69) is 6.92 Å². The number of nitrogens with zero attached hydrogens (tertiary/aromatic N) is 3. The van der Waals surface area contributed by atoms with Crippen LogP contribution in [0.5, 0.6) is 0 Å². The molecule has 0 N–H and O–H groups in total. The maximum Gasteiger partial charge on any atom is 0.214 e. The van der Waals surface area contributed by atoms with Crippen LogP contribution in [0, 0.1) is 17.2 Å². The van der Waals surface area contributed by atoms with E-state index in [9.17, 15) is 16.8 Å². The van der Waals surface area contributed by atoms with E-state index in [1.807, 2.05) is 0 Å². The van der Waals surface area contributed by atoms with Crippen molar-refractivity contribution in [2.45, 2.75) is 32.6 Å². The fourth-order valence-corrected chi connectivity index (χ4v) is 5.04. The third-order valence-electron chi connectivity index (χ3n) is 3.96. The number of nitriles is 1. The summed E-state index contributed by atoms with van der Waals surface area (Å²) in [7, 11) is -5.40. The van der Waals surface area contributed by atoms with Gasteiger partial charge in [0.25, 0.3) is 0 Å². The molecule has 0 atom stereocenters. The SMILES string of the molecule is CC1CCN(S(=O)(=O)CCCCS(=O)(=O)N(C)CC#N)CC1. The highest BCUT2D eigenvalue weighted by Crippen LogP contribution is 2.19. The fourth-order valence-electron chi connectivity index (χ4n) is 2.31. The largest absolute Gasteiger partial charge is 0.214 e. The molecule has 1 aliphatic heterocycles. The maximum atomic E-state index is 12.2. The van der Waals surface area contributed by atoms with Crippen LogP contribution in [-0.2, 0) is 20.0 Å². The van der Waals surface area contributed by atoms with E-state index in [1.54, 1.807) is 6.07 Å². The fraction of sp³-hybridized carbons (Fsp3) is 0.923. The van der Waals surface area contributed by atoms with Gasteiger partial charge in [0.2, 0.25) is 20.0 Å². The van der Waals surface area contributed by atoms with Crippen LogP contribution in [0.3, 0.4) is 0 Å². The third kappa shape index (κ3) is 5.83. The highest BCUT2D eigenvalue weighted by Gasteiger charge is 2.26. The predicted octanol–water partition coefficient (Wildman–Crippen LogP) is 0.613. The number of hydrogen-bond acceptors (Lipinski definition) is 5. The number of hydrogen-bond donors (Lipinski definition) is 0. The molecule has 0 aliphatic carbocycles. The van der Waals surface area contributed by atoms with Gasteiger partial charge in [-0.3, -0.25) is 0 Å². The first-order valence-electron chi connectivity index (χ1n) is 7.48. The lowest BCUT2D eigenvalue weighted by Crippen LogP contribution is -2.39. The lowest BCUT2D eigenvalue weighted by Gasteiger charge is -2.29. The summed E-state index contributed by atoms with van der Waals surface area (Å²) in [5, 5.41) is 8.50. The van der Waals surface area contributed by atoms with Gasteiger partial charge in [0.05, 0.1) is 17.6 Å². The molecule has 7 nitrogen and oxygen atoms in total.